The van der Waals surface area contributed by atoms with Gasteiger partial charge < -0.3 is 5.32 Å². The van der Waals surface area contributed by atoms with Crippen LogP contribution in [0.3, 0.4) is 0 Å². The standard InChI is InChI=1S/C16H24N2O3S3/c1-12(19)18-15-11-14(7-8-16(15)22-2)24(20,21)17-9-10-23-13-5-3-4-6-13/h7-8,11,13,17H,3-6,9-10H2,1-2H3,(H,18,19). The number of carbonyl (C=O) groups is 1. The molecule has 0 atom stereocenters. The Hall–Kier alpha value is -0.700. The monoisotopic (exact) mass is 388 g/mol. The Kier molecular flexibility index (Phi) is 7.46. The Balaban J connectivity index is 1.98. The van der Waals surface area contributed by atoms with Crippen molar-refractivity contribution in [1.82, 2.24) is 4.72 Å². The third-order valence-corrected chi connectivity index (χ3v) is 7.48. The van der Waals surface area contributed by atoms with E-state index in [4.69, 9.17) is 0 Å². The number of hydrogen-bond donors (Lipinski definition) is 2. The Morgan fingerprint density at radius 3 is 2.62 bits per heavy atom. The zero-order valence-electron chi connectivity index (χ0n) is 14.0. The van der Waals surface area contributed by atoms with Crippen molar-refractivity contribution in [1.29, 1.82) is 0 Å². The first-order valence-electron chi connectivity index (χ1n) is 7.99. The second-order valence-electron chi connectivity index (χ2n) is 5.72. The van der Waals surface area contributed by atoms with E-state index in [9.17, 15) is 13.2 Å². The molecule has 0 aliphatic heterocycles. The fraction of sp³-hybridized carbons (Fsp3) is 0.562. The van der Waals surface area contributed by atoms with Crippen molar-refractivity contribution in [2.45, 2.75) is 47.6 Å². The smallest absolute Gasteiger partial charge is 0.240 e. The fourth-order valence-corrected chi connectivity index (χ4v) is 5.62. The molecule has 0 radical (unpaired) electrons. The van der Waals surface area contributed by atoms with Crippen LogP contribution in [0, 0.1) is 0 Å². The highest BCUT2D eigenvalue weighted by molar-refractivity contribution is 8.00. The number of carbonyl (C=O) groups excluding carboxylic acids is 1. The molecule has 1 saturated carbocycles. The highest BCUT2D eigenvalue weighted by Crippen LogP contribution is 2.30. The SMILES string of the molecule is CSc1ccc(S(=O)(=O)NCCSC2CCCC2)cc1NC(C)=O. The summed E-state index contributed by atoms with van der Waals surface area (Å²) in [6.45, 7) is 1.83. The van der Waals surface area contributed by atoms with Crippen molar-refractivity contribution in [3.63, 3.8) is 0 Å². The minimum absolute atomic E-state index is 0.176. The molecule has 1 fully saturated rings. The van der Waals surface area contributed by atoms with Crippen LogP contribution >= 0.6 is 23.5 Å². The van der Waals surface area contributed by atoms with Crippen LogP contribution in [0.4, 0.5) is 5.69 Å². The number of nitrogens with one attached hydrogen (secondary N) is 2. The Bertz CT molecular complexity index is 671. The summed E-state index contributed by atoms with van der Waals surface area (Å²) in [7, 11) is -3.56. The first kappa shape index (κ1) is 19.6. The molecule has 134 valence electrons. The van der Waals surface area contributed by atoms with Gasteiger partial charge in [-0.05, 0) is 37.3 Å². The molecule has 0 heterocycles. The summed E-state index contributed by atoms with van der Waals surface area (Å²) in [6, 6.07) is 4.81. The minimum atomic E-state index is -3.56. The van der Waals surface area contributed by atoms with Crippen LogP contribution in [0.25, 0.3) is 0 Å². The van der Waals surface area contributed by atoms with Crippen LogP contribution in [-0.4, -0.2) is 38.1 Å². The van der Waals surface area contributed by atoms with Gasteiger partial charge in [0.1, 0.15) is 0 Å². The van der Waals surface area contributed by atoms with Crippen molar-refractivity contribution < 1.29 is 13.2 Å². The van der Waals surface area contributed by atoms with Crippen LogP contribution in [0.5, 0.6) is 0 Å². The third kappa shape index (κ3) is 5.68. The normalized spacial score (nSPS) is 15.6. The molecule has 24 heavy (non-hydrogen) atoms. The van der Waals surface area contributed by atoms with E-state index in [1.165, 1.54) is 50.4 Å². The summed E-state index contributed by atoms with van der Waals surface area (Å²) >= 11 is 3.31. The average Bonchev–Trinajstić information content (AvgIpc) is 3.04. The minimum Gasteiger partial charge on any atom is -0.325 e. The molecule has 1 aliphatic carbocycles. The summed E-state index contributed by atoms with van der Waals surface area (Å²) < 4.78 is 27.5. The molecule has 2 N–H and O–H groups in total. The zero-order chi connectivity index (χ0) is 17.6. The molecule has 0 saturated heterocycles. The van der Waals surface area contributed by atoms with Crippen LogP contribution in [0.2, 0.25) is 0 Å². The predicted octanol–water partition coefficient (Wildman–Crippen LogP) is 3.32. The lowest BCUT2D eigenvalue weighted by molar-refractivity contribution is -0.114. The first-order valence-corrected chi connectivity index (χ1v) is 11.7. The predicted molar refractivity (Wildman–Crippen MR) is 102 cm³/mol. The van der Waals surface area contributed by atoms with E-state index in [0.717, 1.165) is 10.6 Å². The molecule has 5 nitrogen and oxygen atoms in total. The third-order valence-electron chi connectivity index (χ3n) is 3.84. The molecule has 1 aromatic carbocycles. The van der Waals surface area contributed by atoms with Crippen molar-refractivity contribution in [3.8, 4) is 0 Å². The molecule has 1 aliphatic rings. The van der Waals surface area contributed by atoms with Gasteiger partial charge in [0.25, 0.3) is 0 Å². The maximum absolute atomic E-state index is 12.4. The fourth-order valence-electron chi connectivity index (χ4n) is 2.68. The Labute approximate surface area is 152 Å². The van der Waals surface area contributed by atoms with Gasteiger partial charge in [0.2, 0.25) is 15.9 Å². The van der Waals surface area contributed by atoms with Gasteiger partial charge in [-0.15, -0.1) is 11.8 Å². The van der Waals surface area contributed by atoms with Gasteiger partial charge in [-0.2, -0.15) is 11.8 Å². The highest BCUT2D eigenvalue weighted by atomic mass is 32.2. The van der Waals surface area contributed by atoms with Crippen molar-refractivity contribution in [2.24, 2.45) is 0 Å². The average molecular weight is 389 g/mol. The van der Waals surface area contributed by atoms with E-state index in [1.807, 2.05) is 18.0 Å². The van der Waals surface area contributed by atoms with Crippen LogP contribution in [0.15, 0.2) is 28.0 Å². The maximum Gasteiger partial charge on any atom is 0.240 e. The molecule has 0 unspecified atom stereocenters. The van der Waals surface area contributed by atoms with Gasteiger partial charge in [-0.25, -0.2) is 13.1 Å². The van der Waals surface area contributed by atoms with Crippen LogP contribution < -0.4 is 10.0 Å². The Morgan fingerprint density at radius 1 is 1.29 bits per heavy atom. The van der Waals surface area contributed by atoms with E-state index in [-0.39, 0.29) is 10.8 Å². The summed E-state index contributed by atoms with van der Waals surface area (Å²) in [4.78, 5) is 12.3. The largest absolute Gasteiger partial charge is 0.325 e. The summed E-state index contributed by atoms with van der Waals surface area (Å²) in [5.74, 6) is 0.562. The highest BCUT2D eigenvalue weighted by Gasteiger charge is 2.18. The maximum atomic E-state index is 12.4. The van der Waals surface area contributed by atoms with Gasteiger partial charge >= 0.3 is 0 Å². The van der Waals surface area contributed by atoms with E-state index < -0.39 is 10.0 Å². The number of amides is 1. The number of hydrogen-bond acceptors (Lipinski definition) is 5. The Morgan fingerprint density at radius 2 is 2.00 bits per heavy atom. The first-order chi connectivity index (χ1) is 11.4. The summed E-state index contributed by atoms with van der Waals surface area (Å²) in [6.07, 6.45) is 6.95. The molecule has 0 aromatic heterocycles. The number of anilines is 1. The second kappa shape index (κ2) is 9.12. The molecule has 0 bridgehead atoms. The number of sulfonamides is 1. The van der Waals surface area contributed by atoms with Crippen molar-refractivity contribution in [3.05, 3.63) is 18.2 Å². The lowest BCUT2D eigenvalue weighted by Crippen LogP contribution is -2.26. The number of rotatable bonds is 8. The van der Waals surface area contributed by atoms with E-state index in [0.29, 0.717) is 17.5 Å². The van der Waals surface area contributed by atoms with Gasteiger partial charge in [0, 0.05) is 29.4 Å². The van der Waals surface area contributed by atoms with Gasteiger partial charge in [0.15, 0.2) is 0 Å². The van der Waals surface area contributed by atoms with Gasteiger partial charge in [-0.3, -0.25) is 4.79 Å². The molecular formula is C16H24N2O3S3. The summed E-state index contributed by atoms with van der Waals surface area (Å²) in [5.41, 5.74) is 0.526. The lowest BCUT2D eigenvalue weighted by Gasteiger charge is -2.12. The van der Waals surface area contributed by atoms with Crippen LogP contribution in [-0.2, 0) is 14.8 Å². The molecular weight excluding hydrogens is 364 g/mol. The van der Waals surface area contributed by atoms with Crippen molar-refractivity contribution >= 4 is 45.1 Å². The molecule has 2 rings (SSSR count). The zero-order valence-corrected chi connectivity index (χ0v) is 16.5. The van der Waals surface area contributed by atoms with E-state index in [2.05, 4.69) is 10.0 Å². The quantitative estimate of drug-likeness (QED) is 0.528. The molecule has 1 amide bonds. The van der Waals surface area contributed by atoms with E-state index >= 15 is 0 Å². The topological polar surface area (TPSA) is 75.3 Å². The number of thioether (sulfide) groups is 2. The lowest BCUT2D eigenvalue weighted by atomic mass is 10.3. The molecule has 0 spiro atoms. The summed E-state index contributed by atoms with van der Waals surface area (Å²) in [5, 5.41) is 3.37. The molecule has 1 aromatic rings. The number of benzene rings is 1. The van der Waals surface area contributed by atoms with Gasteiger partial charge in [0.05, 0.1) is 10.6 Å². The van der Waals surface area contributed by atoms with Gasteiger partial charge in [-0.1, -0.05) is 12.8 Å². The molecule has 8 heteroatoms. The van der Waals surface area contributed by atoms with Crippen LogP contribution in [0.1, 0.15) is 32.6 Å². The second-order valence-corrected chi connectivity index (χ2v) is 9.74. The van der Waals surface area contributed by atoms with Crippen molar-refractivity contribution in [2.75, 3.05) is 23.9 Å². The van der Waals surface area contributed by atoms with E-state index in [1.54, 1.807) is 12.1 Å².